The van der Waals surface area contributed by atoms with Gasteiger partial charge in [0.05, 0.1) is 6.61 Å². The first-order valence-corrected chi connectivity index (χ1v) is 18.6. The monoisotopic (exact) mass is 572 g/mol. The molecule has 0 aromatic heterocycles. The quantitative estimate of drug-likeness (QED) is 0.0494. The molecule has 1 N–H and O–H groups in total. The third-order valence-electron chi connectivity index (χ3n) is 7.99. The molecule has 0 spiro atoms. The summed E-state index contributed by atoms with van der Waals surface area (Å²) in [5.41, 5.74) is 0. The third-order valence-corrected chi connectivity index (χ3v) is 8.43. The van der Waals surface area contributed by atoms with Gasteiger partial charge in [-0.2, -0.15) is 8.42 Å². The Morgan fingerprint density at radius 3 is 1.23 bits per heavy atom. The molecule has 4 nitrogen and oxygen atoms in total. The Morgan fingerprint density at radius 2 is 0.872 bits per heavy atom. The Labute approximate surface area is 245 Å². The van der Waals surface area contributed by atoms with Crippen molar-refractivity contribution in [2.75, 3.05) is 6.61 Å². The maximum Gasteiger partial charge on any atom is 0.397 e. The van der Waals surface area contributed by atoms with Gasteiger partial charge in [-0.15, -0.1) is 0 Å². The van der Waals surface area contributed by atoms with E-state index in [1.165, 1.54) is 161 Å². The largest absolute Gasteiger partial charge is 0.397 e. The summed E-state index contributed by atoms with van der Waals surface area (Å²) in [6.45, 7) is 4.59. The van der Waals surface area contributed by atoms with Crippen LogP contribution in [0.3, 0.4) is 0 Å². The first-order valence-electron chi connectivity index (χ1n) is 17.3. The van der Waals surface area contributed by atoms with Gasteiger partial charge in [-0.25, -0.2) is 4.18 Å². The van der Waals surface area contributed by atoms with E-state index in [0.29, 0.717) is 0 Å². The van der Waals surface area contributed by atoms with E-state index in [4.69, 9.17) is 8.74 Å². The van der Waals surface area contributed by atoms with Gasteiger partial charge in [0.2, 0.25) is 0 Å². The van der Waals surface area contributed by atoms with Crippen LogP contribution in [-0.4, -0.2) is 19.6 Å². The second-order valence-electron chi connectivity index (χ2n) is 12.0. The lowest BCUT2D eigenvalue weighted by Crippen LogP contribution is -2.12. The van der Waals surface area contributed by atoms with Crippen LogP contribution in [0.5, 0.6) is 0 Å². The molecule has 0 saturated heterocycles. The summed E-state index contributed by atoms with van der Waals surface area (Å²) in [5, 5.41) is 0. The molecule has 0 bridgehead atoms. The zero-order chi connectivity index (χ0) is 28.7. The van der Waals surface area contributed by atoms with E-state index in [-0.39, 0.29) is 12.5 Å². The van der Waals surface area contributed by atoms with E-state index < -0.39 is 10.4 Å². The van der Waals surface area contributed by atoms with Crippen LogP contribution in [0, 0.1) is 5.92 Å². The van der Waals surface area contributed by atoms with E-state index >= 15 is 0 Å². The smallest absolute Gasteiger partial charge is 0.264 e. The van der Waals surface area contributed by atoms with Crippen LogP contribution in [0.1, 0.15) is 194 Å². The van der Waals surface area contributed by atoms with Gasteiger partial charge in [-0.05, 0) is 19.3 Å². The maximum atomic E-state index is 11.0. The van der Waals surface area contributed by atoms with E-state index in [1.807, 2.05) is 0 Å². The molecule has 1 atom stereocenters. The lowest BCUT2D eigenvalue weighted by molar-refractivity contribution is 0.234. The summed E-state index contributed by atoms with van der Waals surface area (Å²) in [6.07, 6.45) is 41.2. The topological polar surface area (TPSA) is 63.6 Å². The summed E-state index contributed by atoms with van der Waals surface area (Å²) in [5.74, 6) is 0.0570. The van der Waals surface area contributed by atoms with Crippen molar-refractivity contribution < 1.29 is 17.2 Å². The molecule has 234 valence electrons. The molecule has 1 unspecified atom stereocenters. The summed E-state index contributed by atoms with van der Waals surface area (Å²) in [4.78, 5) is 0. The molecule has 0 aliphatic rings. The van der Waals surface area contributed by atoms with Crippen molar-refractivity contribution in [3.63, 3.8) is 0 Å². The van der Waals surface area contributed by atoms with Gasteiger partial charge in [-0.3, -0.25) is 4.55 Å². The molecule has 0 aromatic rings. The van der Waals surface area contributed by atoms with Gasteiger partial charge in [0.1, 0.15) is 0 Å². The molecular formula is C34H68O4S. The fraction of sp³-hybridized carbons (Fsp3) is 0.941. The molecule has 0 aromatic carbocycles. The van der Waals surface area contributed by atoms with Crippen molar-refractivity contribution in [1.29, 1.82) is 0 Å². The van der Waals surface area contributed by atoms with Gasteiger partial charge in [-0.1, -0.05) is 187 Å². The predicted molar refractivity (Wildman–Crippen MR) is 171 cm³/mol. The van der Waals surface area contributed by atoms with Crippen LogP contribution in [0.4, 0.5) is 0 Å². The normalized spacial score (nSPS) is 13.0. The lowest BCUT2D eigenvalue weighted by atomic mass is 9.99. The minimum absolute atomic E-state index is 0.0478. The Bertz CT molecular complexity index is 602. The van der Waals surface area contributed by atoms with Crippen molar-refractivity contribution in [3.05, 3.63) is 12.2 Å². The fourth-order valence-electron chi connectivity index (χ4n) is 5.40. The van der Waals surface area contributed by atoms with Gasteiger partial charge in [0.25, 0.3) is 0 Å². The highest BCUT2D eigenvalue weighted by Gasteiger charge is 2.11. The lowest BCUT2D eigenvalue weighted by Gasteiger charge is -2.12. The predicted octanol–water partition coefficient (Wildman–Crippen LogP) is 11.9. The van der Waals surface area contributed by atoms with Crippen molar-refractivity contribution in [3.8, 4) is 0 Å². The van der Waals surface area contributed by atoms with Crippen LogP contribution in [0.2, 0.25) is 0 Å². The first kappa shape index (κ1) is 38.6. The third kappa shape index (κ3) is 33.7. The minimum Gasteiger partial charge on any atom is -0.264 e. The SMILES string of the molecule is CCCCCCCCCCCCCCC/C=C/C(CCCCCCCCCCCCCCC)COS(=O)(=O)O. The van der Waals surface area contributed by atoms with Gasteiger partial charge >= 0.3 is 10.4 Å². The Hall–Kier alpha value is -0.390. The zero-order valence-corrected chi connectivity index (χ0v) is 27.1. The van der Waals surface area contributed by atoms with Crippen molar-refractivity contribution in [1.82, 2.24) is 0 Å². The average Bonchev–Trinajstić information content (AvgIpc) is 2.91. The zero-order valence-electron chi connectivity index (χ0n) is 26.3. The summed E-state index contributed by atoms with van der Waals surface area (Å²) >= 11 is 0. The highest BCUT2D eigenvalue weighted by atomic mass is 32.3. The molecular weight excluding hydrogens is 504 g/mol. The molecule has 0 amide bonds. The average molecular weight is 573 g/mol. The Kier molecular flexibility index (Phi) is 30.3. The van der Waals surface area contributed by atoms with Crippen LogP contribution in [0.15, 0.2) is 12.2 Å². The highest BCUT2D eigenvalue weighted by Crippen LogP contribution is 2.18. The van der Waals surface area contributed by atoms with Crippen molar-refractivity contribution in [2.24, 2.45) is 5.92 Å². The molecule has 0 aliphatic heterocycles. The van der Waals surface area contributed by atoms with E-state index in [2.05, 4.69) is 26.0 Å². The Morgan fingerprint density at radius 1 is 0.538 bits per heavy atom. The minimum atomic E-state index is -4.37. The summed E-state index contributed by atoms with van der Waals surface area (Å²) in [7, 11) is -4.37. The number of allylic oxidation sites excluding steroid dienone is 1. The molecule has 0 heterocycles. The van der Waals surface area contributed by atoms with Crippen molar-refractivity contribution >= 4 is 10.4 Å². The standard InChI is InChI=1S/C34H68O4S/c1-3-5-7-9-11-13-15-17-18-20-22-24-26-28-30-32-34(33-38-39(35,36)37)31-29-27-25-23-21-19-16-14-12-10-8-6-4-2/h30,32,34H,3-29,31,33H2,1-2H3,(H,35,36,37)/b32-30+. The molecule has 0 fully saturated rings. The summed E-state index contributed by atoms with van der Waals surface area (Å²) in [6, 6.07) is 0. The molecule has 39 heavy (non-hydrogen) atoms. The van der Waals surface area contributed by atoms with Gasteiger partial charge in [0, 0.05) is 5.92 Å². The Balaban J connectivity index is 3.78. The van der Waals surface area contributed by atoms with Crippen LogP contribution < -0.4 is 0 Å². The number of hydrogen-bond acceptors (Lipinski definition) is 3. The molecule has 0 aliphatic carbocycles. The van der Waals surface area contributed by atoms with Crippen LogP contribution in [0.25, 0.3) is 0 Å². The highest BCUT2D eigenvalue weighted by molar-refractivity contribution is 7.80. The fourth-order valence-corrected chi connectivity index (χ4v) is 5.75. The molecule has 0 rings (SSSR count). The second kappa shape index (κ2) is 30.6. The van der Waals surface area contributed by atoms with Crippen molar-refractivity contribution in [2.45, 2.75) is 194 Å². The molecule has 5 heteroatoms. The maximum absolute atomic E-state index is 11.0. The molecule has 0 radical (unpaired) electrons. The van der Waals surface area contributed by atoms with Gasteiger partial charge < -0.3 is 0 Å². The van der Waals surface area contributed by atoms with Crippen LogP contribution in [-0.2, 0) is 14.6 Å². The number of unbranched alkanes of at least 4 members (excludes halogenated alkanes) is 25. The summed E-state index contributed by atoms with van der Waals surface area (Å²) < 4.78 is 35.8. The van der Waals surface area contributed by atoms with E-state index in [0.717, 1.165) is 19.3 Å². The number of rotatable bonds is 32. The molecule has 0 saturated carbocycles. The van der Waals surface area contributed by atoms with Crippen LogP contribution >= 0.6 is 0 Å². The second-order valence-corrected chi connectivity index (χ2v) is 13.1. The van der Waals surface area contributed by atoms with E-state index in [1.54, 1.807) is 0 Å². The van der Waals surface area contributed by atoms with Gasteiger partial charge in [0.15, 0.2) is 0 Å². The number of hydrogen-bond donors (Lipinski definition) is 1. The van der Waals surface area contributed by atoms with E-state index in [9.17, 15) is 8.42 Å². The first-order chi connectivity index (χ1) is 19.0.